The number of benzene rings is 1. The Hall–Kier alpha value is -2.61. The Labute approximate surface area is 135 Å². The molecule has 1 N–H and O–H groups in total. The molecule has 0 saturated heterocycles. The van der Waals surface area contributed by atoms with Gasteiger partial charge in [0.05, 0.1) is 6.54 Å². The van der Waals surface area contributed by atoms with E-state index in [0.717, 1.165) is 23.2 Å². The summed E-state index contributed by atoms with van der Waals surface area (Å²) in [5.41, 5.74) is 1.62. The summed E-state index contributed by atoms with van der Waals surface area (Å²) >= 11 is 0. The third-order valence-corrected chi connectivity index (χ3v) is 3.99. The van der Waals surface area contributed by atoms with Crippen LogP contribution in [0.15, 0.2) is 38.9 Å². The number of hydrogen-bond acceptors (Lipinski definition) is 4. The van der Waals surface area contributed by atoms with Gasteiger partial charge in [-0.15, -0.1) is 12.3 Å². The van der Waals surface area contributed by atoms with Crippen LogP contribution in [0.4, 0.5) is 0 Å². The second kappa shape index (κ2) is 6.25. The molecule has 0 saturated carbocycles. The van der Waals surface area contributed by atoms with Crippen LogP contribution in [0.3, 0.4) is 0 Å². The number of rotatable bonds is 7. The maximum absolute atomic E-state index is 12.0. The molecule has 1 aromatic heterocycles. The van der Waals surface area contributed by atoms with Crippen molar-refractivity contribution in [3.05, 3.63) is 35.6 Å². The van der Waals surface area contributed by atoms with Gasteiger partial charge in [-0.1, -0.05) is 11.6 Å². The van der Waals surface area contributed by atoms with Crippen LogP contribution >= 0.6 is 0 Å². The van der Waals surface area contributed by atoms with Crippen molar-refractivity contribution in [1.29, 1.82) is 0 Å². The van der Waals surface area contributed by atoms with E-state index in [0.29, 0.717) is 25.8 Å². The molecule has 1 aliphatic rings. The van der Waals surface area contributed by atoms with Crippen LogP contribution in [0.1, 0.15) is 37.0 Å². The van der Waals surface area contributed by atoms with Gasteiger partial charge in [-0.2, -0.15) is 10.2 Å². The Morgan fingerprint density at radius 2 is 2.17 bits per heavy atom. The zero-order chi connectivity index (χ0) is 16.3. The molecule has 5 heteroatoms. The van der Waals surface area contributed by atoms with Crippen LogP contribution in [-0.2, 0) is 11.3 Å². The Kier molecular flexibility index (Phi) is 4.16. The summed E-state index contributed by atoms with van der Waals surface area (Å²) in [7, 11) is 0. The normalized spacial score (nSPS) is 14.6. The summed E-state index contributed by atoms with van der Waals surface area (Å²) in [4.78, 5) is 12.0. The van der Waals surface area contributed by atoms with Crippen LogP contribution in [0.25, 0.3) is 11.0 Å². The number of amides is 1. The molecule has 3 rings (SSSR count). The fraction of sp³-hybridized carbons (Fsp3) is 0.389. The van der Waals surface area contributed by atoms with Gasteiger partial charge in [0.25, 0.3) is 0 Å². The molecule has 23 heavy (non-hydrogen) atoms. The SMILES string of the molecule is C#CCCC1(CCC(=O)NCc2cc3cc(C)ccc3o2)N=N1. The molecular formula is C18H19N3O2. The minimum absolute atomic E-state index is 0.0287. The van der Waals surface area contributed by atoms with E-state index in [-0.39, 0.29) is 5.91 Å². The maximum Gasteiger partial charge on any atom is 0.220 e. The molecule has 0 fully saturated rings. The van der Waals surface area contributed by atoms with Gasteiger partial charge in [-0.3, -0.25) is 4.79 Å². The van der Waals surface area contributed by atoms with Gasteiger partial charge in [0.1, 0.15) is 11.3 Å². The summed E-state index contributed by atoms with van der Waals surface area (Å²) in [6, 6.07) is 7.98. The highest BCUT2D eigenvalue weighted by molar-refractivity contribution is 5.79. The van der Waals surface area contributed by atoms with E-state index in [1.54, 1.807) is 0 Å². The molecule has 1 amide bonds. The van der Waals surface area contributed by atoms with Crippen LogP contribution in [0.2, 0.25) is 0 Å². The molecule has 1 aliphatic heterocycles. The van der Waals surface area contributed by atoms with Crippen molar-refractivity contribution < 1.29 is 9.21 Å². The molecule has 0 bridgehead atoms. The van der Waals surface area contributed by atoms with E-state index in [2.05, 4.69) is 27.5 Å². The molecule has 2 heterocycles. The lowest BCUT2D eigenvalue weighted by Gasteiger charge is -2.08. The first-order valence-corrected chi connectivity index (χ1v) is 7.73. The van der Waals surface area contributed by atoms with Crippen molar-refractivity contribution in [3.63, 3.8) is 0 Å². The molecule has 2 aromatic rings. The zero-order valence-electron chi connectivity index (χ0n) is 13.1. The summed E-state index contributed by atoms with van der Waals surface area (Å²) in [6.45, 7) is 2.43. The van der Waals surface area contributed by atoms with Crippen molar-refractivity contribution in [2.75, 3.05) is 0 Å². The van der Waals surface area contributed by atoms with Gasteiger partial charge in [0, 0.05) is 31.1 Å². The molecule has 0 unspecified atom stereocenters. The second-order valence-electron chi connectivity index (χ2n) is 5.92. The number of fused-ring (bicyclic) bond motifs is 1. The molecule has 5 nitrogen and oxygen atoms in total. The molecule has 0 aliphatic carbocycles. The number of furan rings is 1. The second-order valence-corrected chi connectivity index (χ2v) is 5.92. The number of carbonyl (C=O) groups is 1. The fourth-order valence-electron chi connectivity index (χ4n) is 2.56. The minimum atomic E-state index is -0.402. The Bertz CT molecular complexity index is 792. The van der Waals surface area contributed by atoms with Crippen LogP contribution in [0, 0.1) is 19.3 Å². The molecular weight excluding hydrogens is 290 g/mol. The van der Waals surface area contributed by atoms with Gasteiger partial charge in [0.2, 0.25) is 5.91 Å². The van der Waals surface area contributed by atoms with Crippen LogP contribution in [0.5, 0.6) is 0 Å². The van der Waals surface area contributed by atoms with E-state index in [1.165, 1.54) is 5.56 Å². The first-order chi connectivity index (χ1) is 11.1. The number of terminal acetylenes is 1. The van der Waals surface area contributed by atoms with Crippen molar-refractivity contribution in [2.45, 2.75) is 44.8 Å². The van der Waals surface area contributed by atoms with Crippen molar-refractivity contribution in [1.82, 2.24) is 5.32 Å². The van der Waals surface area contributed by atoms with E-state index < -0.39 is 5.66 Å². The first-order valence-electron chi connectivity index (χ1n) is 7.73. The van der Waals surface area contributed by atoms with Gasteiger partial charge in [0.15, 0.2) is 5.66 Å². The van der Waals surface area contributed by atoms with Gasteiger partial charge >= 0.3 is 0 Å². The van der Waals surface area contributed by atoms with Gasteiger partial charge in [-0.25, -0.2) is 0 Å². The Balaban J connectivity index is 1.47. The largest absolute Gasteiger partial charge is 0.459 e. The average Bonchev–Trinajstić information content (AvgIpc) is 3.20. The first kappa shape index (κ1) is 15.3. The van der Waals surface area contributed by atoms with E-state index >= 15 is 0 Å². The lowest BCUT2D eigenvalue weighted by molar-refractivity contribution is -0.121. The third-order valence-electron chi connectivity index (χ3n) is 3.99. The zero-order valence-corrected chi connectivity index (χ0v) is 13.1. The number of carbonyl (C=O) groups excluding carboxylic acids is 1. The van der Waals surface area contributed by atoms with Crippen LogP contribution < -0.4 is 5.32 Å². The van der Waals surface area contributed by atoms with E-state index in [9.17, 15) is 4.79 Å². The fourth-order valence-corrected chi connectivity index (χ4v) is 2.56. The smallest absolute Gasteiger partial charge is 0.220 e. The number of hydrogen-bond donors (Lipinski definition) is 1. The summed E-state index contributed by atoms with van der Waals surface area (Å²) in [5, 5.41) is 12.0. The molecule has 0 radical (unpaired) electrons. The third kappa shape index (κ3) is 3.78. The van der Waals surface area contributed by atoms with Crippen molar-refractivity contribution in [2.24, 2.45) is 10.2 Å². The lowest BCUT2D eigenvalue weighted by atomic mass is 10.0. The highest BCUT2D eigenvalue weighted by Crippen LogP contribution is 2.37. The Morgan fingerprint density at radius 1 is 1.35 bits per heavy atom. The lowest BCUT2D eigenvalue weighted by Crippen LogP contribution is -2.24. The number of aryl methyl sites for hydroxylation is 1. The van der Waals surface area contributed by atoms with E-state index in [4.69, 9.17) is 10.8 Å². The molecule has 0 spiro atoms. The standard InChI is InChI=1S/C18H19N3O2/c1-3-4-8-18(20-21-18)9-7-17(22)19-12-15-11-14-10-13(2)5-6-16(14)23-15/h1,5-6,10-11H,4,7-9,12H2,2H3,(H,19,22). The average molecular weight is 309 g/mol. The van der Waals surface area contributed by atoms with Gasteiger partial charge < -0.3 is 9.73 Å². The summed E-state index contributed by atoms with van der Waals surface area (Å²) in [5.74, 6) is 3.30. The van der Waals surface area contributed by atoms with Crippen molar-refractivity contribution in [3.8, 4) is 12.3 Å². The van der Waals surface area contributed by atoms with Crippen LogP contribution in [-0.4, -0.2) is 11.6 Å². The monoisotopic (exact) mass is 309 g/mol. The Morgan fingerprint density at radius 3 is 2.91 bits per heavy atom. The molecule has 118 valence electrons. The molecule has 1 aromatic carbocycles. The summed E-state index contributed by atoms with van der Waals surface area (Å²) < 4.78 is 5.71. The predicted octanol–water partition coefficient (Wildman–Crippen LogP) is 3.71. The maximum atomic E-state index is 12.0. The summed E-state index contributed by atoms with van der Waals surface area (Å²) in [6.07, 6.45) is 7.60. The highest BCUT2D eigenvalue weighted by atomic mass is 16.3. The number of nitrogens with zero attached hydrogens (tertiary/aromatic N) is 2. The van der Waals surface area contributed by atoms with Gasteiger partial charge in [-0.05, 0) is 25.1 Å². The minimum Gasteiger partial charge on any atom is -0.459 e. The van der Waals surface area contributed by atoms with Crippen molar-refractivity contribution >= 4 is 16.9 Å². The highest BCUT2D eigenvalue weighted by Gasteiger charge is 2.39. The predicted molar refractivity (Wildman–Crippen MR) is 87.7 cm³/mol. The number of nitrogens with one attached hydrogen (secondary N) is 1. The van der Waals surface area contributed by atoms with E-state index in [1.807, 2.05) is 25.1 Å². The quantitative estimate of drug-likeness (QED) is 0.792. The molecule has 0 atom stereocenters. The topological polar surface area (TPSA) is 67.0 Å².